The van der Waals surface area contributed by atoms with Crippen LogP contribution in [0.3, 0.4) is 0 Å². The summed E-state index contributed by atoms with van der Waals surface area (Å²) in [5, 5.41) is 15.5. The monoisotopic (exact) mass is 282 g/mol. The van der Waals surface area contributed by atoms with Gasteiger partial charge in [0.05, 0.1) is 18.8 Å². The predicted molar refractivity (Wildman–Crippen MR) is 68.5 cm³/mol. The summed E-state index contributed by atoms with van der Waals surface area (Å²) in [6.07, 6.45) is 0.446. The largest absolute Gasteiger partial charge is 0.441 e. The molecule has 1 aliphatic heterocycles. The van der Waals surface area contributed by atoms with Crippen molar-refractivity contribution in [2.75, 3.05) is 27.2 Å². The van der Waals surface area contributed by atoms with Crippen molar-refractivity contribution in [1.82, 2.24) is 9.91 Å². The lowest BCUT2D eigenvalue weighted by Gasteiger charge is -2.13. The first-order valence-electron chi connectivity index (χ1n) is 5.87. The number of carbonyl (C=O) groups is 1. The van der Waals surface area contributed by atoms with E-state index in [1.54, 1.807) is 0 Å². The topological polar surface area (TPSA) is 101 Å². The summed E-state index contributed by atoms with van der Waals surface area (Å²) in [5.41, 5.74) is 0. The van der Waals surface area contributed by atoms with Crippen LogP contribution in [-0.2, 0) is 4.74 Å². The van der Waals surface area contributed by atoms with Crippen molar-refractivity contribution in [3.05, 3.63) is 28.0 Å². The number of ether oxygens (including phenoxy) is 1. The van der Waals surface area contributed by atoms with Gasteiger partial charge in [0, 0.05) is 6.54 Å². The number of hydrogen-bond donors (Lipinski definition) is 0. The third-order valence-corrected chi connectivity index (χ3v) is 2.54. The lowest BCUT2D eigenvalue weighted by molar-refractivity contribution is -0.402. The molecule has 1 saturated heterocycles. The summed E-state index contributed by atoms with van der Waals surface area (Å²) < 4.78 is 10.0. The van der Waals surface area contributed by atoms with Crippen LogP contribution in [0.25, 0.3) is 0 Å². The number of carbonyl (C=O) groups excluding carboxylic acids is 1. The molecule has 9 nitrogen and oxygen atoms in total. The Bertz CT molecular complexity index is 539. The van der Waals surface area contributed by atoms with E-state index in [1.165, 1.54) is 18.3 Å². The highest BCUT2D eigenvalue weighted by Gasteiger charge is 2.31. The van der Waals surface area contributed by atoms with Gasteiger partial charge in [-0.1, -0.05) is 0 Å². The van der Waals surface area contributed by atoms with Crippen LogP contribution in [-0.4, -0.2) is 60.4 Å². The third kappa shape index (κ3) is 3.32. The average molecular weight is 282 g/mol. The molecule has 0 spiro atoms. The molecule has 0 bridgehead atoms. The van der Waals surface area contributed by atoms with E-state index in [-0.39, 0.29) is 17.7 Å². The highest BCUT2D eigenvalue weighted by atomic mass is 16.6. The first-order chi connectivity index (χ1) is 9.45. The maximum absolute atomic E-state index is 11.5. The van der Waals surface area contributed by atoms with Gasteiger partial charge in [0.15, 0.2) is 5.76 Å². The predicted octanol–water partition coefficient (Wildman–Crippen LogP) is 0.904. The molecule has 1 aromatic rings. The molecule has 1 aromatic heterocycles. The van der Waals surface area contributed by atoms with Crippen molar-refractivity contribution >= 4 is 18.2 Å². The van der Waals surface area contributed by atoms with E-state index < -0.39 is 11.0 Å². The number of hydrogen-bond acceptors (Lipinski definition) is 7. The molecule has 20 heavy (non-hydrogen) atoms. The minimum Gasteiger partial charge on any atom is -0.441 e. The van der Waals surface area contributed by atoms with Gasteiger partial charge < -0.3 is 14.1 Å². The Kier molecular flexibility index (Phi) is 3.99. The molecule has 0 aliphatic carbocycles. The van der Waals surface area contributed by atoms with Gasteiger partial charge in [-0.25, -0.2) is 4.79 Å². The molecule has 0 aromatic carbocycles. The molecular formula is C11H14N4O5. The van der Waals surface area contributed by atoms with Gasteiger partial charge in [-0.05, 0) is 20.2 Å². The number of amides is 1. The van der Waals surface area contributed by atoms with Crippen molar-refractivity contribution in [2.24, 2.45) is 5.10 Å². The second-order valence-corrected chi connectivity index (χ2v) is 4.53. The molecule has 9 heteroatoms. The van der Waals surface area contributed by atoms with Gasteiger partial charge in [-0.2, -0.15) is 10.1 Å². The molecule has 1 atom stereocenters. The molecule has 0 radical (unpaired) electrons. The summed E-state index contributed by atoms with van der Waals surface area (Å²) in [4.78, 5) is 23.2. The Morgan fingerprint density at radius 1 is 1.60 bits per heavy atom. The van der Waals surface area contributed by atoms with E-state index in [2.05, 4.69) is 5.10 Å². The number of furan rings is 1. The van der Waals surface area contributed by atoms with Crippen LogP contribution in [0.5, 0.6) is 0 Å². The lowest BCUT2D eigenvalue weighted by Crippen LogP contribution is -2.28. The Labute approximate surface area is 114 Å². The second-order valence-electron chi connectivity index (χ2n) is 4.53. The van der Waals surface area contributed by atoms with Gasteiger partial charge in [0.1, 0.15) is 11.0 Å². The Morgan fingerprint density at radius 2 is 2.35 bits per heavy atom. The third-order valence-electron chi connectivity index (χ3n) is 2.54. The van der Waals surface area contributed by atoms with Crippen LogP contribution in [0, 0.1) is 10.1 Å². The van der Waals surface area contributed by atoms with Crippen LogP contribution in [0.4, 0.5) is 10.7 Å². The maximum Gasteiger partial charge on any atom is 0.433 e. The minimum atomic E-state index is -0.644. The molecule has 2 heterocycles. The fourth-order valence-electron chi connectivity index (χ4n) is 1.74. The van der Waals surface area contributed by atoms with Gasteiger partial charge in [0.25, 0.3) is 0 Å². The number of rotatable bonds is 5. The molecule has 1 unspecified atom stereocenters. The minimum absolute atomic E-state index is 0.195. The van der Waals surface area contributed by atoms with Crippen LogP contribution in [0.1, 0.15) is 5.76 Å². The zero-order valence-electron chi connectivity index (χ0n) is 11.1. The zero-order chi connectivity index (χ0) is 14.7. The normalized spacial score (nSPS) is 19.1. The number of likely N-dealkylation sites (N-methyl/N-ethyl adjacent to an activating group) is 1. The SMILES string of the molecule is CN(C)CC1CN(/N=C/c2ccc([N+](=O)[O-])o2)C(=O)O1. The summed E-state index contributed by atoms with van der Waals surface area (Å²) in [6.45, 7) is 0.931. The number of hydrazone groups is 1. The van der Waals surface area contributed by atoms with E-state index >= 15 is 0 Å². The van der Waals surface area contributed by atoms with E-state index in [0.29, 0.717) is 13.1 Å². The molecule has 0 N–H and O–H groups in total. The molecular weight excluding hydrogens is 268 g/mol. The zero-order valence-corrected chi connectivity index (χ0v) is 11.1. The first-order valence-corrected chi connectivity index (χ1v) is 5.87. The molecule has 0 saturated carbocycles. The van der Waals surface area contributed by atoms with Gasteiger partial charge in [0.2, 0.25) is 0 Å². The van der Waals surface area contributed by atoms with Gasteiger partial charge in [-0.3, -0.25) is 10.1 Å². The molecule has 1 amide bonds. The fourth-order valence-corrected chi connectivity index (χ4v) is 1.74. The van der Waals surface area contributed by atoms with Crippen LogP contribution < -0.4 is 0 Å². The second kappa shape index (κ2) is 5.70. The molecule has 108 valence electrons. The Balaban J connectivity index is 1.97. The van der Waals surface area contributed by atoms with Crippen molar-refractivity contribution in [1.29, 1.82) is 0 Å². The molecule has 1 fully saturated rings. The highest BCUT2D eigenvalue weighted by molar-refractivity contribution is 5.78. The average Bonchev–Trinajstić information content (AvgIpc) is 2.93. The van der Waals surface area contributed by atoms with Gasteiger partial charge in [-0.15, -0.1) is 0 Å². The smallest absolute Gasteiger partial charge is 0.433 e. The van der Waals surface area contributed by atoms with Gasteiger partial charge >= 0.3 is 12.0 Å². The number of nitro groups is 1. The first kappa shape index (κ1) is 14.0. The number of cyclic esters (lactones) is 1. The summed E-state index contributed by atoms with van der Waals surface area (Å²) in [7, 11) is 3.75. The quantitative estimate of drug-likeness (QED) is 0.452. The standard InChI is InChI=1S/C11H14N4O5/c1-13(2)6-9-7-14(11(16)20-9)12-5-8-3-4-10(19-8)15(17)18/h3-5,9H,6-7H2,1-2H3/b12-5+. The van der Waals surface area contributed by atoms with E-state index in [0.717, 1.165) is 5.01 Å². The fraction of sp³-hybridized carbons (Fsp3) is 0.455. The molecule has 1 aliphatic rings. The van der Waals surface area contributed by atoms with Crippen molar-refractivity contribution < 1.29 is 18.9 Å². The van der Waals surface area contributed by atoms with Crippen molar-refractivity contribution in [3.8, 4) is 0 Å². The Hall–Kier alpha value is -2.42. The van der Waals surface area contributed by atoms with Crippen LogP contribution in [0.15, 0.2) is 21.7 Å². The van der Waals surface area contributed by atoms with Crippen LogP contribution in [0.2, 0.25) is 0 Å². The molecule has 2 rings (SSSR count). The van der Waals surface area contributed by atoms with E-state index in [1.807, 2.05) is 19.0 Å². The summed E-state index contributed by atoms with van der Waals surface area (Å²) >= 11 is 0. The Morgan fingerprint density at radius 3 is 2.95 bits per heavy atom. The summed E-state index contributed by atoms with van der Waals surface area (Å²) in [6, 6.07) is 2.62. The van der Waals surface area contributed by atoms with Crippen LogP contribution >= 0.6 is 0 Å². The lowest BCUT2D eigenvalue weighted by atomic mass is 10.3. The van der Waals surface area contributed by atoms with Crippen molar-refractivity contribution in [2.45, 2.75) is 6.10 Å². The number of nitrogens with zero attached hydrogens (tertiary/aromatic N) is 4. The highest BCUT2D eigenvalue weighted by Crippen LogP contribution is 2.15. The maximum atomic E-state index is 11.5. The van der Waals surface area contributed by atoms with Crippen molar-refractivity contribution in [3.63, 3.8) is 0 Å². The summed E-state index contributed by atoms with van der Waals surface area (Å²) in [5.74, 6) is -0.179. The van der Waals surface area contributed by atoms with E-state index in [9.17, 15) is 14.9 Å². The van der Waals surface area contributed by atoms with E-state index in [4.69, 9.17) is 9.15 Å².